The van der Waals surface area contributed by atoms with Gasteiger partial charge in [-0.2, -0.15) is 5.10 Å². The van der Waals surface area contributed by atoms with Crippen molar-refractivity contribution in [2.24, 2.45) is 0 Å². The normalized spacial score (nSPS) is 10.4. The van der Waals surface area contributed by atoms with Crippen LogP contribution in [0.25, 0.3) is 11.3 Å². The second kappa shape index (κ2) is 5.56. The zero-order valence-electron chi connectivity index (χ0n) is 11.1. The fraction of sp³-hybridized carbons (Fsp3) is 0.286. The minimum Gasteiger partial charge on any atom is -0.494 e. The van der Waals surface area contributed by atoms with Gasteiger partial charge >= 0.3 is 0 Å². The number of nitrogens with two attached hydrogens (primary N) is 1. The number of hydrogen-bond donors (Lipinski definition) is 1. The quantitative estimate of drug-likeness (QED) is 0.910. The highest BCUT2D eigenvalue weighted by Gasteiger charge is 2.07. The molecule has 5 nitrogen and oxygen atoms in total. The van der Waals surface area contributed by atoms with Crippen LogP contribution in [0.15, 0.2) is 35.1 Å². The van der Waals surface area contributed by atoms with Crippen LogP contribution in [0.4, 0.5) is 5.69 Å². The Labute approximate surface area is 111 Å². The summed E-state index contributed by atoms with van der Waals surface area (Å²) >= 11 is 0. The van der Waals surface area contributed by atoms with E-state index in [1.165, 1.54) is 4.68 Å². The molecule has 2 N–H and O–H groups in total. The topological polar surface area (TPSA) is 70.1 Å². The van der Waals surface area contributed by atoms with Crippen LogP contribution in [0.5, 0.6) is 5.75 Å². The molecular weight excluding hydrogens is 242 g/mol. The Kier molecular flexibility index (Phi) is 3.85. The largest absolute Gasteiger partial charge is 0.494 e. The number of nitrogen functional groups attached to an aromatic ring is 1. The van der Waals surface area contributed by atoms with Gasteiger partial charge in [0, 0.05) is 12.1 Å². The van der Waals surface area contributed by atoms with Gasteiger partial charge in [-0.25, -0.2) is 4.68 Å². The second-order valence-electron chi connectivity index (χ2n) is 4.07. The fourth-order valence-electron chi connectivity index (χ4n) is 1.83. The summed E-state index contributed by atoms with van der Waals surface area (Å²) in [6.45, 7) is 4.88. The molecule has 1 heterocycles. The molecule has 0 saturated heterocycles. The third-order valence-electron chi connectivity index (χ3n) is 2.74. The Hall–Kier alpha value is -2.30. The Morgan fingerprint density at radius 2 is 2.11 bits per heavy atom. The lowest BCUT2D eigenvalue weighted by Crippen LogP contribution is -2.24. The molecule has 0 radical (unpaired) electrons. The lowest BCUT2D eigenvalue weighted by molar-refractivity contribution is 0.340. The van der Waals surface area contributed by atoms with Gasteiger partial charge in [0.25, 0.3) is 5.56 Å². The molecule has 19 heavy (non-hydrogen) atoms. The Morgan fingerprint density at radius 1 is 1.32 bits per heavy atom. The smallest absolute Gasteiger partial charge is 0.289 e. The van der Waals surface area contributed by atoms with E-state index in [-0.39, 0.29) is 11.2 Å². The molecule has 1 aromatic carbocycles. The molecule has 0 saturated carbocycles. The maximum atomic E-state index is 11.7. The first-order chi connectivity index (χ1) is 9.15. The predicted octanol–water partition coefficient (Wildman–Crippen LogP) is 1.91. The summed E-state index contributed by atoms with van der Waals surface area (Å²) in [5.74, 6) is 0.773. The van der Waals surface area contributed by atoms with E-state index in [4.69, 9.17) is 10.5 Å². The minimum absolute atomic E-state index is 0.202. The average molecular weight is 259 g/mol. The first-order valence-corrected chi connectivity index (χ1v) is 6.26. The monoisotopic (exact) mass is 259 g/mol. The van der Waals surface area contributed by atoms with Crippen molar-refractivity contribution in [3.05, 3.63) is 40.7 Å². The fourth-order valence-corrected chi connectivity index (χ4v) is 1.83. The van der Waals surface area contributed by atoms with Crippen molar-refractivity contribution in [2.45, 2.75) is 20.4 Å². The summed E-state index contributed by atoms with van der Waals surface area (Å²) in [6, 6.07) is 9.16. The van der Waals surface area contributed by atoms with E-state index >= 15 is 0 Å². The van der Waals surface area contributed by atoms with Gasteiger partial charge < -0.3 is 10.5 Å². The molecule has 0 bridgehead atoms. The van der Waals surface area contributed by atoms with Crippen molar-refractivity contribution >= 4 is 5.69 Å². The molecule has 0 aliphatic heterocycles. The van der Waals surface area contributed by atoms with Gasteiger partial charge in [0.05, 0.1) is 12.3 Å². The third-order valence-corrected chi connectivity index (χ3v) is 2.74. The zero-order chi connectivity index (χ0) is 13.8. The molecule has 2 aromatic rings. The number of rotatable bonds is 4. The van der Waals surface area contributed by atoms with Gasteiger partial charge in [0.1, 0.15) is 11.4 Å². The Balaban J connectivity index is 2.49. The van der Waals surface area contributed by atoms with Gasteiger partial charge in [-0.15, -0.1) is 0 Å². The van der Waals surface area contributed by atoms with Crippen LogP contribution in [-0.4, -0.2) is 16.4 Å². The van der Waals surface area contributed by atoms with Gasteiger partial charge in [-0.05, 0) is 32.0 Å². The summed E-state index contributed by atoms with van der Waals surface area (Å²) in [6.07, 6.45) is 0. The van der Waals surface area contributed by atoms with Crippen molar-refractivity contribution in [3.63, 3.8) is 0 Å². The summed E-state index contributed by atoms with van der Waals surface area (Å²) in [4.78, 5) is 11.7. The van der Waals surface area contributed by atoms with E-state index in [2.05, 4.69) is 5.10 Å². The van der Waals surface area contributed by atoms with Crippen molar-refractivity contribution in [2.75, 3.05) is 12.3 Å². The Morgan fingerprint density at radius 3 is 2.79 bits per heavy atom. The van der Waals surface area contributed by atoms with E-state index in [9.17, 15) is 4.79 Å². The maximum absolute atomic E-state index is 11.7. The molecule has 100 valence electrons. The van der Waals surface area contributed by atoms with E-state index < -0.39 is 0 Å². The van der Waals surface area contributed by atoms with Crippen molar-refractivity contribution < 1.29 is 4.74 Å². The molecule has 5 heteroatoms. The highest BCUT2D eigenvalue weighted by molar-refractivity contribution is 5.63. The molecule has 1 aromatic heterocycles. The molecule has 0 amide bonds. The number of ether oxygens (including phenoxy) is 1. The first kappa shape index (κ1) is 13.1. The summed E-state index contributed by atoms with van der Waals surface area (Å²) < 4.78 is 6.81. The predicted molar refractivity (Wildman–Crippen MR) is 75.2 cm³/mol. The number of anilines is 1. The van der Waals surface area contributed by atoms with E-state index in [0.717, 1.165) is 11.3 Å². The molecule has 0 spiro atoms. The van der Waals surface area contributed by atoms with Crippen LogP contribution < -0.4 is 16.0 Å². The highest BCUT2D eigenvalue weighted by atomic mass is 16.5. The third kappa shape index (κ3) is 2.76. The Bertz CT molecular complexity index is 635. The summed E-state index contributed by atoms with van der Waals surface area (Å²) in [5.41, 5.74) is 7.21. The van der Waals surface area contributed by atoms with Crippen LogP contribution in [0.3, 0.4) is 0 Å². The number of aryl methyl sites for hydroxylation is 1. The van der Waals surface area contributed by atoms with Crippen LogP contribution in [-0.2, 0) is 6.54 Å². The molecule has 0 aliphatic carbocycles. The minimum atomic E-state index is -0.257. The second-order valence-corrected chi connectivity index (χ2v) is 4.07. The van der Waals surface area contributed by atoms with Crippen LogP contribution in [0.2, 0.25) is 0 Å². The van der Waals surface area contributed by atoms with Gasteiger partial charge in [0.15, 0.2) is 0 Å². The number of hydrogen-bond acceptors (Lipinski definition) is 4. The standard InChI is InChI=1S/C14H17N3O2/c1-3-17-14(18)12(15)9-13(16-17)10-6-5-7-11(8-10)19-4-2/h5-9H,3-4,15H2,1-2H3. The van der Waals surface area contributed by atoms with Crippen molar-refractivity contribution in [1.29, 1.82) is 0 Å². The molecule has 0 atom stereocenters. The first-order valence-electron chi connectivity index (χ1n) is 6.26. The highest BCUT2D eigenvalue weighted by Crippen LogP contribution is 2.22. The summed E-state index contributed by atoms with van der Waals surface area (Å²) in [7, 11) is 0. The van der Waals surface area contributed by atoms with Crippen LogP contribution in [0.1, 0.15) is 13.8 Å². The molecule has 2 rings (SSSR count). The maximum Gasteiger partial charge on any atom is 0.289 e. The van der Waals surface area contributed by atoms with Gasteiger partial charge in [-0.1, -0.05) is 12.1 Å². The van der Waals surface area contributed by atoms with Crippen LogP contribution >= 0.6 is 0 Å². The van der Waals surface area contributed by atoms with Crippen LogP contribution in [0, 0.1) is 0 Å². The van der Waals surface area contributed by atoms with Crippen molar-refractivity contribution in [1.82, 2.24) is 9.78 Å². The number of benzene rings is 1. The van der Waals surface area contributed by atoms with E-state index in [1.54, 1.807) is 6.07 Å². The van der Waals surface area contributed by atoms with Crippen molar-refractivity contribution in [3.8, 4) is 17.0 Å². The zero-order valence-corrected chi connectivity index (χ0v) is 11.1. The molecule has 0 fully saturated rings. The SMILES string of the molecule is CCOc1cccc(-c2cc(N)c(=O)n(CC)n2)c1. The lowest BCUT2D eigenvalue weighted by atomic mass is 10.1. The summed E-state index contributed by atoms with van der Waals surface area (Å²) in [5, 5.41) is 4.29. The average Bonchev–Trinajstić information content (AvgIpc) is 2.42. The molecule has 0 unspecified atom stereocenters. The number of nitrogens with zero attached hydrogens (tertiary/aromatic N) is 2. The lowest BCUT2D eigenvalue weighted by Gasteiger charge is -2.08. The van der Waals surface area contributed by atoms with E-state index in [0.29, 0.717) is 18.8 Å². The molecular formula is C14H17N3O2. The number of aromatic nitrogens is 2. The van der Waals surface area contributed by atoms with Gasteiger partial charge in [0.2, 0.25) is 0 Å². The van der Waals surface area contributed by atoms with E-state index in [1.807, 2.05) is 38.1 Å². The van der Waals surface area contributed by atoms with Gasteiger partial charge in [-0.3, -0.25) is 4.79 Å². The molecule has 0 aliphatic rings.